The summed E-state index contributed by atoms with van der Waals surface area (Å²) in [5, 5.41) is 0. The van der Waals surface area contributed by atoms with Gasteiger partial charge < -0.3 is 10.5 Å². The highest BCUT2D eigenvalue weighted by Crippen LogP contribution is 2.30. The molecule has 0 aliphatic heterocycles. The quantitative estimate of drug-likeness (QED) is 0.299. The van der Waals surface area contributed by atoms with Crippen LogP contribution in [0.5, 0.6) is 5.75 Å². The number of hydrogen-bond acceptors (Lipinski definition) is 6. The summed E-state index contributed by atoms with van der Waals surface area (Å²) in [5.41, 5.74) is 11.5. The first kappa shape index (κ1) is 24.1. The van der Waals surface area contributed by atoms with E-state index in [2.05, 4.69) is 14.7 Å². The minimum Gasteiger partial charge on any atom is -0.406 e. The fraction of sp³-hybridized carbons (Fsp3) is 0.0714. The van der Waals surface area contributed by atoms with Gasteiger partial charge in [-0.2, -0.15) is 0 Å². The third kappa shape index (κ3) is 5.79. The van der Waals surface area contributed by atoms with Gasteiger partial charge in [0.15, 0.2) is 5.82 Å². The maximum absolute atomic E-state index is 12.5. The average molecular weight is 499 g/mol. The van der Waals surface area contributed by atoms with Crippen LogP contribution in [0.2, 0.25) is 0 Å². The van der Waals surface area contributed by atoms with Crippen molar-refractivity contribution in [3.8, 4) is 39.5 Å². The third-order valence-corrected chi connectivity index (χ3v) is 5.60. The first-order valence-corrected chi connectivity index (χ1v) is 11.3. The lowest BCUT2D eigenvalue weighted by molar-refractivity contribution is -0.274. The molecule has 0 amide bonds. The number of pyridine rings is 2. The number of alkyl halides is 3. The highest BCUT2D eigenvalue weighted by Gasteiger charge is 2.31. The van der Waals surface area contributed by atoms with Crippen LogP contribution in [-0.2, 0) is 0 Å². The van der Waals surface area contributed by atoms with E-state index in [0.29, 0.717) is 33.9 Å². The number of nitrogens with two attached hydrogens (primary N) is 1. The normalized spacial score (nSPS) is 12.2. The second-order valence-electron chi connectivity index (χ2n) is 8.17. The van der Waals surface area contributed by atoms with Crippen LogP contribution in [0.4, 0.5) is 13.2 Å². The Morgan fingerprint density at radius 3 is 2.16 bits per heavy atom. The molecule has 0 spiro atoms. The monoisotopic (exact) mass is 499 g/mol. The van der Waals surface area contributed by atoms with Crippen molar-refractivity contribution < 1.29 is 17.9 Å². The highest BCUT2D eigenvalue weighted by molar-refractivity contribution is 5.71. The number of benzene rings is 2. The fourth-order valence-corrected chi connectivity index (χ4v) is 3.81. The van der Waals surface area contributed by atoms with Gasteiger partial charge in [-0.3, -0.25) is 9.97 Å². The Bertz CT molecular complexity index is 1490. The Morgan fingerprint density at radius 1 is 0.703 bits per heavy atom. The highest BCUT2D eigenvalue weighted by atomic mass is 19.4. The summed E-state index contributed by atoms with van der Waals surface area (Å²) < 4.78 is 41.5. The zero-order valence-electron chi connectivity index (χ0n) is 19.3. The number of hydrogen-bond donors (Lipinski definition) is 1. The standard InChI is InChI=1S/C28H20F3N5O/c29-28(30,31)37-23-10-8-18(9-11-23)21-13-22(17-34-16-21)24-14-25(26(32)20-7-4-12-33-15-20)36-27(35-24)19-5-2-1-3-6-19/h1-17,26H,32H2. The summed E-state index contributed by atoms with van der Waals surface area (Å²) in [4.78, 5) is 18.0. The summed E-state index contributed by atoms with van der Waals surface area (Å²) in [7, 11) is 0. The minimum atomic E-state index is -4.75. The van der Waals surface area contributed by atoms with Crippen LogP contribution in [0.25, 0.3) is 33.8 Å². The van der Waals surface area contributed by atoms with Gasteiger partial charge >= 0.3 is 6.36 Å². The lowest BCUT2D eigenvalue weighted by Crippen LogP contribution is -2.16. The maximum Gasteiger partial charge on any atom is 0.573 e. The van der Waals surface area contributed by atoms with Crippen molar-refractivity contribution in [2.45, 2.75) is 12.4 Å². The van der Waals surface area contributed by atoms with Gasteiger partial charge in [-0.1, -0.05) is 48.5 Å². The molecule has 0 radical (unpaired) electrons. The fourth-order valence-electron chi connectivity index (χ4n) is 3.81. The van der Waals surface area contributed by atoms with Crippen LogP contribution < -0.4 is 10.5 Å². The Labute approximate surface area is 210 Å². The Morgan fingerprint density at radius 2 is 1.46 bits per heavy atom. The van der Waals surface area contributed by atoms with Crippen LogP contribution in [-0.4, -0.2) is 26.3 Å². The van der Waals surface area contributed by atoms with Crippen molar-refractivity contribution in [1.29, 1.82) is 0 Å². The van der Waals surface area contributed by atoms with E-state index in [1.165, 1.54) is 12.1 Å². The molecule has 5 aromatic rings. The van der Waals surface area contributed by atoms with Gasteiger partial charge in [-0.05, 0) is 41.5 Å². The Hall–Kier alpha value is -4.63. The van der Waals surface area contributed by atoms with Gasteiger partial charge in [0, 0.05) is 41.5 Å². The van der Waals surface area contributed by atoms with E-state index in [4.69, 9.17) is 15.7 Å². The lowest BCUT2D eigenvalue weighted by atomic mass is 10.0. The molecule has 0 fully saturated rings. The molecule has 2 aromatic carbocycles. The van der Waals surface area contributed by atoms with Crippen molar-refractivity contribution in [1.82, 2.24) is 19.9 Å². The predicted octanol–water partition coefficient (Wildman–Crippen LogP) is 6.21. The topological polar surface area (TPSA) is 86.8 Å². The molecule has 1 unspecified atom stereocenters. The molecule has 9 heteroatoms. The summed E-state index contributed by atoms with van der Waals surface area (Å²) in [5.74, 6) is 0.212. The molecule has 37 heavy (non-hydrogen) atoms. The van der Waals surface area contributed by atoms with Crippen molar-refractivity contribution in [3.63, 3.8) is 0 Å². The van der Waals surface area contributed by atoms with E-state index in [1.54, 1.807) is 36.9 Å². The van der Waals surface area contributed by atoms with Crippen LogP contribution >= 0.6 is 0 Å². The van der Waals surface area contributed by atoms with Crippen LogP contribution in [0.1, 0.15) is 17.3 Å². The molecular weight excluding hydrogens is 479 g/mol. The van der Waals surface area contributed by atoms with Crippen molar-refractivity contribution in [3.05, 3.63) is 115 Å². The zero-order valence-corrected chi connectivity index (χ0v) is 19.3. The number of ether oxygens (including phenoxy) is 1. The van der Waals surface area contributed by atoms with Gasteiger partial charge in [0.2, 0.25) is 0 Å². The van der Waals surface area contributed by atoms with Crippen LogP contribution in [0, 0.1) is 0 Å². The SMILES string of the molecule is NC(c1cccnc1)c1cc(-c2cncc(-c3ccc(OC(F)(F)F)cc3)c2)nc(-c2ccccc2)n1. The number of halogens is 3. The van der Waals surface area contributed by atoms with Gasteiger partial charge in [-0.15, -0.1) is 13.2 Å². The molecule has 0 saturated heterocycles. The van der Waals surface area contributed by atoms with Crippen molar-refractivity contribution >= 4 is 0 Å². The molecule has 0 bridgehead atoms. The second kappa shape index (κ2) is 10.2. The Balaban J connectivity index is 1.54. The van der Waals surface area contributed by atoms with E-state index in [9.17, 15) is 13.2 Å². The molecule has 3 heterocycles. The zero-order chi connectivity index (χ0) is 25.8. The summed E-state index contributed by atoms with van der Waals surface area (Å²) in [6, 6.07) is 22.0. The van der Waals surface area contributed by atoms with E-state index in [1.807, 2.05) is 54.6 Å². The first-order valence-electron chi connectivity index (χ1n) is 11.3. The van der Waals surface area contributed by atoms with E-state index in [0.717, 1.165) is 11.1 Å². The molecule has 0 aliphatic carbocycles. The summed E-state index contributed by atoms with van der Waals surface area (Å²) in [6.45, 7) is 0. The molecule has 5 rings (SSSR count). The lowest BCUT2D eigenvalue weighted by Gasteiger charge is -2.15. The average Bonchev–Trinajstić information content (AvgIpc) is 2.93. The molecular formula is C28H20F3N5O. The molecule has 6 nitrogen and oxygen atoms in total. The molecule has 184 valence electrons. The third-order valence-electron chi connectivity index (χ3n) is 5.60. The summed E-state index contributed by atoms with van der Waals surface area (Å²) in [6.07, 6.45) is 1.92. The number of rotatable bonds is 6. The van der Waals surface area contributed by atoms with Crippen molar-refractivity contribution in [2.75, 3.05) is 0 Å². The van der Waals surface area contributed by atoms with Gasteiger partial charge in [0.05, 0.1) is 17.4 Å². The molecule has 1 atom stereocenters. The van der Waals surface area contributed by atoms with Crippen LogP contribution in [0.3, 0.4) is 0 Å². The number of nitrogens with zero attached hydrogens (tertiary/aromatic N) is 4. The molecule has 3 aromatic heterocycles. The van der Waals surface area contributed by atoms with E-state index < -0.39 is 12.4 Å². The second-order valence-corrected chi connectivity index (χ2v) is 8.17. The van der Waals surface area contributed by atoms with Crippen molar-refractivity contribution in [2.24, 2.45) is 5.73 Å². The smallest absolute Gasteiger partial charge is 0.406 e. The van der Waals surface area contributed by atoms with E-state index in [-0.39, 0.29) is 5.75 Å². The predicted molar refractivity (Wildman–Crippen MR) is 133 cm³/mol. The van der Waals surface area contributed by atoms with Gasteiger partial charge in [0.1, 0.15) is 5.75 Å². The maximum atomic E-state index is 12.5. The largest absolute Gasteiger partial charge is 0.573 e. The molecule has 0 aliphatic rings. The minimum absolute atomic E-state index is 0.294. The number of aromatic nitrogens is 4. The van der Waals surface area contributed by atoms with Gasteiger partial charge in [-0.25, -0.2) is 9.97 Å². The van der Waals surface area contributed by atoms with Crippen LogP contribution in [0.15, 0.2) is 104 Å². The van der Waals surface area contributed by atoms with E-state index >= 15 is 0 Å². The molecule has 2 N–H and O–H groups in total. The molecule has 0 saturated carbocycles. The Kier molecular flexibility index (Phi) is 6.61. The summed E-state index contributed by atoms with van der Waals surface area (Å²) >= 11 is 0. The van der Waals surface area contributed by atoms with Gasteiger partial charge in [0.25, 0.3) is 0 Å². The first-order chi connectivity index (χ1) is 17.9.